The highest BCUT2D eigenvalue weighted by Gasteiger charge is 1.77. The zero-order valence-corrected chi connectivity index (χ0v) is 4.24. The van der Waals surface area contributed by atoms with Crippen molar-refractivity contribution in [1.29, 1.82) is 0 Å². The van der Waals surface area contributed by atoms with Gasteiger partial charge in [-0.3, -0.25) is 0 Å². The van der Waals surface area contributed by atoms with Gasteiger partial charge < -0.3 is 6.92 Å². The summed E-state index contributed by atoms with van der Waals surface area (Å²) < 4.78 is 0. The predicted octanol–water partition coefficient (Wildman–Crippen LogP) is 3.49. The summed E-state index contributed by atoms with van der Waals surface area (Å²) >= 11 is 0. The van der Waals surface area contributed by atoms with Crippen molar-refractivity contribution in [3.8, 4) is 0 Å². The van der Waals surface area contributed by atoms with Crippen LogP contribution in [0.15, 0.2) is 0 Å². The predicted molar refractivity (Wildman–Crippen MR) is 42.6 cm³/mol. The van der Waals surface area contributed by atoms with E-state index in [-0.39, 0.29) is 14.9 Å². The van der Waals surface area contributed by atoms with Crippen LogP contribution in [0.2, 0.25) is 0 Å². The molecule has 0 aliphatic rings. The van der Waals surface area contributed by atoms with Gasteiger partial charge in [-0.05, 0) is 6.42 Å². The molecule has 0 aliphatic carbocycles. The average molecular weight is 116 g/mol. The van der Waals surface area contributed by atoms with Gasteiger partial charge >= 0.3 is 0 Å². The topological polar surface area (TPSA) is 0 Å². The second kappa shape index (κ2) is 15.8. The fraction of sp³-hybridized carbons (Fsp3) is 0.750. The van der Waals surface area contributed by atoms with Gasteiger partial charge in [0.2, 0.25) is 0 Å². The third-order valence-electron chi connectivity index (χ3n) is 0.750. The lowest BCUT2D eigenvalue weighted by atomic mass is 10.2. The first kappa shape index (κ1) is 15.7. The van der Waals surface area contributed by atoms with E-state index < -0.39 is 0 Å². The molecule has 0 spiro atoms. The fourth-order valence-corrected chi connectivity index (χ4v) is 0.354. The van der Waals surface area contributed by atoms with Crippen molar-refractivity contribution in [2.45, 2.75) is 40.5 Å². The minimum atomic E-state index is 0. The molecule has 0 amide bonds. The Kier molecular flexibility index (Phi) is 30.9. The Morgan fingerprint density at radius 2 is 1.62 bits per heavy atom. The standard InChI is InChI=1S/C6H12.2CH4/c1-3-5-6-4-2;;/h1-6H2;2*1H4. The Morgan fingerprint density at radius 1 is 1.12 bits per heavy atom. The summed E-state index contributed by atoms with van der Waals surface area (Å²) in [5, 5.41) is 0. The lowest BCUT2D eigenvalue weighted by Crippen LogP contribution is -1.66. The summed E-state index contributed by atoms with van der Waals surface area (Å²) in [4.78, 5) is 0. The Hall–Kier alpha value is -0.130. The van der Waals surface area contributed by atoms with Gasteiger partial charge in [-0.2, -0.15) is 6.42 Å². The summed E-state index contributed by atoms with van der Waals surface area (Å²) in [6, 6.07) is 0. The summed E-state index contributed by atoms with van der Waals surface area (Å²) in [7, 11) is 0. The quantitative estimate of drug-likeness (QED) is 0.391. The number of hydrogen-bond acceptors (Lipinski definition) is 0. The van der Waals surface area contributed by atoms with Gasteiger partial charge in [-0.25, -0.2) is 0 Å². The lowest BCUT2D eigenvalue weighted by Gasteiger charge is -1.88. The molecule has 0 saturated heterocycles. The first-order valence-corrected chi connectivity index (χ1v) is 2.50. The van der Waals surface area contributed by atoms with Crippen LogP contribution in [0.5, 0.6) is 0 Å². The van der Waals surface area contributed by atoms with Crippen molar-refractivity contribution < 1.29 is 0 Å². The third-order valence-corrected chi connectivity index (χ3v) is 0.750. The van der Waals surface area contributed by atoms with Crippen molar-refractivity contribution >= 4 is 0 Å². The van der Waals surface area contributed by atoms with Crippen LogP contribution in [-0.2, 0) is 0 Å². The van der Waals surface area contributed by atoms with E-state index in [4.69, 9.17) is 0 Å². The molecule has 0 heterocycles. The van der Waals surface area contributed by atoms with Gasteiger partial charge in [0.25, 0.3) is 0 Å². The Morgan fingerprint density at radius 3 is 1.75 bits per heavy atom. The monoisotopic (exact) mass is 116 g/mol. The molecule has 0 aromatic carbocycles. The molecule has 52 valence electrons. The Labute approximate surface area is 55.3 Å². The van der Waals surface area contributed by atoms with E-state index in [1.54, 1.807) is 0 Å². The molecular weight excluding hydrogens is 96.1 g/mol. The second-order valence-electron chi connectivity index (χ2n) is 1.41. The SMILES string of the molecule is C.C.[CH2+]CCCC[CH2-]. The maximum absolute atomic E-state index is 3.70. The number of hydrogen-bond donors (Lipinski definition) is 0. The van der Waals surface area contributed by atoms with Gasteiger partial charge in [0.1, 0.15) is 0 Å². The molecule has 8 heavy (non-hydrogen) atoms. The molecule has 0 aromatic heterocycles. The van der Waals surface area contributed by atoms with Crippen molar-refractivity contribution in [3.05, 3.63) is 13.8 Å². The maximum atomic E-state index is 3.70. The minimum Gasteiger partial charge on any atom is -0.343 e. The molecule has 0 aromatic rings. The highest BCUT2D eigenvalue weighted by Crippen LogP contribution is 1.94. The highest BCUT2D eigenvalue weighted by atomic mass is 13.8. The van der Waals surface area contributed by atoms with E-state index in [0.29, 0.717) is 0 Å². The van der Waals surface area contributed by atoms with Crippen molar-refractivity contribution in [3.63, 3.8) is 0 Å². The maximum Gasteiger partial charge on any atom is 0.0849 e. The van der Waals surface area contributed by atoms with E-state index in [0.717, 1.165) is 12.8 Å². The molecule has 0 radical (unpaired) electrons. The van der Waals surface area contributed by atoms with E-state index in [1.807, 2.05) is 0 Å². The van der Waals surface area contributed by atoms with Gasteiger partial charge in [-0.1, -0.05) is 21.3 Å². The molecule has 0 aliphatic heterocycles. The van der Waals surface area contributed by atoms with E-state index in [2.05, 4.69) is 13.8 Å². The zero-order valence-electron chi connectivity index (χ0n) is 4.24. The van der Waals surface area contributed by atoms with Gasteiger partial charge in [0.15, 0.2) is 0 Å². The molecule has 0 heteroatoms. The molecule has 0 unspecified atom stereocenters. The molecule has 0 atom stereocenters. The van der Waals surface area contributed by atoms with Crippen molar-refractivity contribution in [1.82, 2.24) is 0 Å². The highest BCUT2D eigenvalue weighted by molar-refractivity contribution is 4.43. The second-order valence-corrected chi connectivity index (χ2v) is 1.41. The van der Waals surface area contributed by atoms with Crippen LogP contribution < -0.4 is 0 Å². The van der Waals surface area contributed by atoms with Crippen molar-refractivity contribution in [2.75, 3.05) is 0 Å². The smallest absolute Gasteiger partial charge is 0.0849 e. The number of rotatable bonds is 3. The molecule has 0 bridgehead atoms. The largest absolute Gasteiger partial charge is 0.343 e. The fourth-order valence-electron chi connectivity index (χ4n) is 0.354. The summed E-state index contributed by atoms with van der Waals surface area (Å²) in [6.07, 6.45) is 4.61. The Balaban J connectivity index is -0.000000125. The molecule has 0 N–H and O–H groups in total. The van der Waals surface area contributed by atoms with Crippen LogP contribution in [0.3, 0.4) is 0 Å². The van der Waals surface area contributed by atoms with E-state index in [1.165, 1.54) is 12.8 Å². The molecule has 0 fully saturated rings. The molecular formula is C8H20. The molecule has 0 nitrogen and oxygen atoms in total. The molecule has 0 rings (SSSR count). The summed E-state index contributed by atoms with van der Waals surface area (Å²) in [6.45, 7) is 7.39. The third kappa shape index (κ3) is 16.9. The van der Waals surface area contributed by atoms with E-state index >= 15 is 0 Å². The van der Waals surface area contributed by atoms with Crippen LogP contribution >= 0.6 is 0 Å². The van der Waals surface area contributed by atoms with Crippen molar-refractivity contribution in [2.24, 2.45) is 0 Å². The van der Waals surface area contributed by atoms with Crippen LogP contribution in [0, 0.1) is 13.8 Å². The van der Waals surface area contributed by atoms with Crippen LogP contribution in [-0.4, -0.2) is 0 Å². The Bertz CT molecular complexity index is 12.0. The zero-order chi connectivity index (χ0) is 4.83. The normalized spacial score (nSPS) is 6.62. The average Bonchev–Trinajstić information content (AvgIpc) is 1.61. The van der Waals surface area contributed by atoms with Gasteiger partial charge in [0.05, 0.1) is 13.3 Å². The lowest BCUT2D eigenvalue weighted by molar-refractivity contribution is 0.759. The van der Waals surface area contributed by atoms with E-state index in [9.17, 15) is 0 Å². The van der Waals surface area contributed by atoms with Crippen LogP contribution in [0.1, 0.15) is 40.5 Å². The molecule has 0 saturated carbocycles. The summed E-state index contributed by atoms with van der Waals surface area (Å²) in [5.41, 5.74) is 0. The first-order valence-electron chi connectivity index (χ1n) is 2.50. The van der Waals surface area contributed by atoms with Gasteiger partial charge in [-0.15, -0.1) is 0 Å². The minimum absolute atomic E-state index is 0. The number of unbranched alkanes of at least 4 members (excludes halogenated alkanes) is 3. The summed E-state index contributed by atoms with van der Waals surface area (Å²) in [5.74, 6) is 0. The van der Waals surface area contributed by atoms with Crippen LogP contribution in [0.25, 0.3) is 0 Å². The van der Waals surface area contributed by atoms with Gasteiger partial charge in [0, 0.05) is 0 Å². The first-order chi connectivity index (χ1) is 2.91. The van der Waals surface area contributed by atoms with Crippen LogP contribution in [0.4, 0.5) is 0 Å².